The lowest BCUT2D eigenvalue weighted by atomic mass is 9.98. The van der Waals surface area contributed by atoms with Crippen LogP contribution in [0.2, 0.25) is 0 Å². The Kier molecular flexibility index (Phi) is 8.76. The Morgan fingerprint density at radius 3 is 2.59 bits per heavy atom. The Balaban J connectivity index is 1.43. The second-order valence-electron chi connectivity index (χ2n) is 9.04. The van der Waals surface area contributed by atoms with Crippen LogP contribution in [0.1, 0.15) is 34.8 Å². The van der Waals surface area contributed by atoms with Gasteiger partial charge in [0.15, 0.2) is 11.0 Å². The summed E-state index contributed by atoms with van der Waals surface area (Å²) in [5.74, 6) is 0.738. The molecule has 11 heteroatoms. The fourth-order valence-corrected chi connectivity index (χ4v) is 5.38. The van der Waals surface area contributed by atoms with Crippen molar-refractivity contribution in [3.8, 4) is 11.1 Å². The second kappa shape index (κ2) is 12.8. The van der Waals surface area contributed by atoms with Crippen LogP contribution in [0.5, 0.6) is 0 Å². The Bertz CT molecular complexity index is 1710. The number of esters is 1. The van der Waals surface area contributed by atoms with Crippen LogP contribution >= 0.6 is 24.0 Å². The van der Waals surface area contributed by atoms with Gasteiger partial charge < -0.3 is 19.9 Å². The summed E-state index contributed by atoms with van der Waals surface area (Å²) >= 11 is 6.90. The minimum Gasteiger partial charge on any atom is -0.465 e. The second-order valence-corrected chi connectivity index (χ2v) is 10.5. The number of carbonyl (C=O) groups is 1. The van der Waals surface area contributed by atoms with E-state index < -0.39 is 0 Å². The summed E-state index contributed by atoms with van der Waals surface area (Å²) in [7, 11) is 1.39. The van der Waals surface area contributed by atoms with E-state index in [4.69, 9.17) is 32.5 Å². The molecule has 0 fully saturated rings. The number of nitrogens with zero attached hydrogens (tertiary/aromatic N) is 5. The standard InChI is InChI=1S/C30H28N6O3S2/c1-3-17-41-29-33-25-10-6-9-24(28(37)38-2)26(25)36(29)18-20-11-13-21(14-12-20)22-7-4-5-8-23(22)27(31)34-39-30(40)35-16-15-32-19-35/h4-16,19H,3,17-18H2,1-2H3,(H2,31,34). The molecule has 3 aromatic carbocycles. The fourth-order valence-electron chi connectivity index (χ4n) is 4.37. The van der Waals surface area contributed by atoms with Crippen molar-refractivity contribution in [1.82, 2.24) is 19.1 Å². The average Bonchev–Trinajstić information content (AvgIpc) is 3.67. The quantitative estimate of drug-likeness (QED) is 0.0586. The van der Waals surface area contributed by atoms with E-state index in [1.54, 1.807) is 30.2 Å². The monoisotopic (exact) mass is 584 g/mol. The molecule has 0 aliphatic heterocycles. The van der Waals surface area contributed by atoms with Gasteiger partial charge in [-0.3, -0.25) is 4.57 Å². The van der Waals surface area contributed by atoms with Crippen LogP contribution in [0.15, 0.2) is 95.8 Å². The third-order valence-electron chi connectivity index (χ3n) is 6.32. The van der Waals surface area contributed by atoms with Crippen molar-refractivity contribution in [1.29, 1.82) is 0 Å². The van der Waals surface area contributed by atoms with Gasteiger partial charge in [0.25, 0.3) is 0 Å². The SMILES string of the molecule is CCCSc1nc2cccc(C(=O)OC)c2n1Cc1ccc(-c2ccccc2/C(N)=N/OC(=S)n2ccnc2)cc1. The third-order valence-corrected chi connectivity index (χ3v) is 7.79. The van der Waals surface area contributed by atoms with Crippen molar-refractivity contribution in [2.24, 2.45) is 10.9 Å². The van der Waals surface area contributed by atoms with E-state index in [-0.39, 0.29) is 17.0 Å². The lowest BCUT2D eigenvalue weighted by molar-refractivity contribution is 0.0602. The zero-order valence-electron chi connectivity index (χ0n) is 22.6. The molecule has 0 atom stereocenters. The summed E-state index contributed by atoms with van der Waals surface area (Å²) < 4.78 is 8.68. The number of fused-ring (bicyclic) bond motifs is 1. The number of nitrogens with two attached hydrogens (primary N) is 1. The van der Waals surface area contributed by atoms with Gasteiger partial charge in [0, 0.05) is 23.7 Å². The summed E-state index contributed by atoms with van der Waals surface area (Å²) in [6.07, 6.45) is 5.80. The molecule has 0 saturated carbocycles. The first-order valence-electron chi connectivity index (χ1n) is 12.9. The predicted octanol–water partition coefficient (Wildman–Crippen LogP) is 5.71. The van der Waals surface area contributed by atoms with E-state index in [1.165, 1.54) is 18.0 Å². The molecule has 0 bridgehead atoms. The van der Waals surface area contributed by atoms with Crippen molar-refractivity contribution in [2.75, 3.05) is 12.9 Å². The van der Waals surface area contributed by atoms with Gasteiger partial charge in [0.2, 0.25) is 0 Å². The molecule has 5 rings (SSSR count). The van der Waals surface area contributed by atoms with E-state index in [0.717, 1.165) is 50.6 Å². The van der Waals surface area contributed by atoms with Gasteiger partial charge in [-0.2, -0.15) is 0 Å². The maximum Gasteiger partial charge on any atom is 0.340 e. The molecule has 0 saturated heterocycles. The number of ether oxygens (including phenoxy) is 1. The normalized spacial score (nSPS) is 11.5. The highest BCUT2D eigenvalue weighted by Gasteiger charge is 2.19. The Labute approximate surface area is 247 Å². The Hall–Kier alpha value is -4.48. The van der Waals surface area contributed by atoms with Crippen LogP contribution in [-0.2, 0) is 16.1 Å². The van der Waals surface area contributed by atoms with Crippen LogP contribution < -0.4 is 5.73 Å². The van der Waals surface area contributed by atoms with Crippen LogP contribution in [0.3, 0.4) is 0 Å². The molecular formula is C30H28N6O3S2. The van der Waals surface area contributed by atoms with Crippen molar-refractivity contribution in [2.45, 2.75) is 25.0 Å². The van der Waals surface area contributed by atoms with E-state index in [1.807, 2.05) is 48.5 Å². The molecule has 208 valence electrons. The first-order valence-corrected chi connectivity index (χ1v) is 14.3. The number of hydrogen-bond donors (Lipinski definition) is 1. The number of thiocarbonyl (C=S) groups is 1. The van der Waals surface area contributed by atoms with Gasteiger partial charge in [0.05, 0.1) is 30.3 Å². The first-order chi connectivity index (χ1) is 20.0. The molecule has 0 aliphatic rings. The number of imidazole rings is 2. The molecule has 9 nitrogen and oxygen atoms in total. The number of benzene rings is 3. The number of hydrogen-bond acceptors (Lipinski definition) is 8. The molecule has 5 aromatic rings. The Morgan fingerprint density at radius 1 is 1.07 bits per heavy atom. The van der Waals surface area contributed by atoms with Crippen molar-refractivity contribution in [3.63, 3.8) is 0 Å². The van der Waals surface area contributed by atoms with Gasteiger partial charge in [-0.25, -0.2) is 14.8 Å². The van der Waals surface area contributed by atoms with Gasteiger partial charge in [0.1, 0.15) is 6.33 Å². The molecule has 2 heterocycles. The highest BCUT2D eigenvalue weighted by atomic mass is 32.2. The van der Waals surface area contributed by atoms with Gasteiger partial charge in [-0.1, -0.05) is 78.4 Å². The number of methoxy groups -OCH3 is 1. The molecule has 0 spiro atoms. The molecular weight excluding hydrogens is 557 g/mol. The highest BCUT2D eigenvalue weighted by Crippen LogP contribution is 2.30. The number of amidine groups is 1. The largest absolute Gasteiger partial charge is 0.465 e. The fraction of sp³-hybridized carbons (Fsp3) is 0.167. The zero-order valence-corrected chi connectivity index (χ0v) is 24.2. The summed E-state index contributed by atoms with van der Waals surface area (Å²) in [5.41, 5.74) is 12.0. The topological polar surface area (TPSA) is 110 Å². The van der Waals surface area contributed by atoms with Crippen molar-refractivity contribution < 1.29 is 14.4 Å². The smallest absolute Gasteiger partial charge is 0.340 e. The van der Waals surface area contributed by atoms with Crippen LogP contribution in [0.4, 0.5) is 0 Å². The van der Waals surface area contributed by atoms with Gasteiger partial charge in [-0.05, 0) is 47.5 Å². The molecule has 0 unspecified atom stereocenters. The number of thioether (sulfide) groups is 1. The van der Waals surface area contributed by atoms with E-state index in [2.05, 4.69) is 33.8 Å². The summed E-state index contributed by atoms with van der Waals surface area (Å²) in [5, 5.41) is 5.03. The Morgan fingerprint density at radius 2 is 1.85 bits per heavy atom. The van der Waals surface area contributed by atoms with Gasteiger partial charge >= 0.3 is 11.1 Å². The molecule has 2 aromatic heterocycles. The first kappa shape index (κ1) is 28.1. The van der Waals surface area contributed by atoms with E-state index >= 15 is 0 Å². The number of rotatable bonds is 9. The molecule has 41 heavy (non-hydrogen) atoms. The molecule has 0 aliphatic carbocycles. The van der Waals surface area contributed by atoms with Crippen LogP contribution in [-0.4, -0.2) is 48.9 Å². The number of carbonyl (C=O) groups excluding carboxylic acids is 1. The number of aromatic nitrogens is 4. The zero-order chi connectivity index (χ0) is 28.8. The molecule has 0 amide bonds. The minimum atomic E-state index is -0.384. The van der Waals surface area contributed by atoms with Gasteiger partial charge in [-0.15, -0.1) is 0 Å². The van der Waals surface area contributed by atoms with Crippen LogP contribution in [0.25, 0.3) is 22.2 Å². The summed E-state index contributed by atoms with van der Waals surface area (Å²) in [6.45, 7) is 2.68. The van der Waals surface area contributed by atoms with E-state index in [0.29, 0.717) is 12.1 Å². The third kappa shape index (κ3) is 6.16. The maximum absolute atomic E-state index is 12.6. The average molecular weight is 585 g/mol. The molecule has 0 radical (unpaired) electrons. The summed E-state index contributed by atoms with van der Waals surface area (Å²) in [4.78, 5) is 26.7. The predicted molar refractivity (Wildman–Crippen MR) is 165 cm³/mol. The molecule has 2 N–H and O–H groups in total. The summed E-state index contributed by atoms with van der Waals surface area (Å²) in [6, 6.07) is 21.4. The van der Waals surface area contributed by atoms with Crippen LogP contribution in [0, 0.1) is 0 Å². The lowest BCUT2D eigenvalue weighted by Gasteiger charge is -2.13. The van der Waals surface area contributed by atoms with E-state index in [9.17, 15) is 4.79 Å². The minimum absolute atomic E-state index is 0.117. The number of oxime groups is 1. The van der Waals surface area contributed by atoms with Crippen molar-refractivity contribution in [3.05, 3.63) is 102 Å². The highest BCUT2D eigenvalue weighted by molar-refractivity contribution is 7.99. The lowest BCUT2D eigenvalue weighted by Crippen LogP contribution is -2.17. The maximum atomic E-state index is 12.6. The van der Waals surface area contributed by atoms with Crippen molar-refractivity contribution >= 4 is 52.0 Å². The number of para-hydroxylation sites is 1.